The number of carbonyl (C=O) groups is 1. The van der Waals surface area contributed by atoms with Gasteiger partial charge in [0.25, 0.3) is 5.56 Å². The molecule has 1 aromatic heterocycles. The Hall–Kier alpha value is -2.86. The first-order valence-electron chi connectivity index (χ1n) is 12.8. The predicted octanol–water partition coefficient (Wildman–Crippen LogP) is 4.73. The molecule has 3 aromatic rings. The lowest BCUT2D eigenvalue weighted by atomic mass is 9.81. The minimum atomic E-state index is -0.310. The standard InChI is InChI=1S/C28H32ClN3O3/c29-24-11-5-1-7-21(24)18-31-25-12-6-4-10-23(25)27(34)32(28(31)35)17-19-13-15-20(16-14-19)26(33)30-22-8-2-3-9-22/h1,4-7,10-12,19-20,22H,2-3,8-9,13-18H2,(H,30,33). The molecule has 6 nitrogen and oxygen atoms in total. The van der Waals surface area contributed by atoms with Crippen LogP contribution >= 0.6 is 11.6 Å². The van der Waals surface area contributed by atoms with Gasteiger partial charge in [-0.3, -0.25) is 18.7 Å². The quantitative estimate of drug-likeness (QED) is 0.539. The molecule has 1 N–H and O–H groups in total. The maximum atomic E-state index is 13.6. The molecular weight excluding hydrogens is 462 g/mol. The van der Waals surface area contributed by atoms with E-state index in [1.165, 1.54) is 17.4 Å². The number of halogens is 1. The number of fused-ring (bicyclic) bond motifs is 1. The number of benzene rings is 2. The van der Waals surface area contributed by atoms with Gasteiger partial charge in [-0.05, 0) is 68.2 Å². The SMILES string of the molecule is O=C(NC1CCCC1)C1CCC(Cn2c(=O)c3ccccc3n(Cc3ccccc3Cl)c2=O)CC1. The van der Waals surface area contributed by atoms with Crippen LogP contribution in [0, 0.1) is 11.8 Å². The van der Waals surface area contributed by atoms with Gasteiger partial charge in [-0.25, -0.2) is 4.79 Å². The average Bonchev–Trinajstić information content (AvgIpc) is 3.39. The molecule has 0 unspecified atom stereocenters. The normalized spacial score (nSPS) is 20.8. The van der Waals surface area contributed by atoms with Gasteiger partial charge in [-0.2, -0.15) is 0 Å². The number of rotatable bonds is 6. The summed E-state index contributed by atoms with van der Waals surface area (Å²) in [4.78, 5) is 39.6. The highest BCUT2D eigenvalue weighted by molar-refractivity contribution is 6.31. The van der Waals surface area contributed by atoms with E-state index in [0.29, 0.717) is 35.1 Å². The van der Waals surface area contributed by atoms with E-state index in [0.717, 1.165) is 44.1 Å². The topological polar surface area (TPSA) is 73.1 Å². The van der Waals surface area contributed by atoms with Crippen molar-refractivity contribution in [2.24, 2.45) is 11.8 Å². The molecule has 0 aliphatic heterocycles. The zero-order valence-corrected chi connectivity index (χ0v) is 20.7. The van der Waals surface area contributed by atoms with E-state index in [4.69, 9.17) is 11.6 Å². The number of carbonyl (C=O) groups excluding carboxylic acids is 1. The molecule has 1 heterocycles. The molecular formula is C28H32ClN3O3. The lowest BCUT2D eigenvalue weighted by molar-refractivity contribution is -0.126. The molecule has 2 fully saturated rings. The molecule has 35 heavy (non-hydrogen) atoms. The Morgan fingerprint density at radius 1 is 0.886 bits per heavy atom. The van der Waals surface area contributed by atoms with Crippen molar-refractivity contribution in [1.29, 1.82) is 0 Å². The Morgan fingerprint density at radius 2 is 1.57 bits per heavy atom. The Balaban J connectivity index is 1.36. The molecule has 2 aliphatic rings. The van der Waals surface area contributed by atoms with Gasteiger partial charge >= 0.3 is 5.69 Å². The van der Waals surface area contributed by atoms with Crippen LogP contribution in [-0.4, -0.2) is 21.1 Å². The molecule has 2 aromatic carbocycles. The Bertz CT molecular complexity index is 1330. The van der Waals surface area contributed by atoms with Crippen molar-refractivity contribution >= 4 is 28.4 Å². The summed E-state index contributed by atoms with van der Waals surface area (Å²) in [5.74, 6) is 0.420. The number of hydrogen-bond donors (Lipinski definition) is 1. The van der Waals surface area contributed by atoms with E-state index >= 15 is 0 Å². The third-order valence-corrected chi connectivity index (χ3v) is 8.15. The summed E-state index contributed by atoms with van der Waals surface area (Å²) in [7, 11) is 0. The summed E-state index contributed by atoms with van der Waals surface area (Å²) in [6.45, 7) is 0.676. The van der Waals surface area contributed by atoms with Gasteiger partial charge in [0.15, 0.2) is 0 Å². The molecule has 184 valence electrons. The van der Waals surface area contributed by atoms with Crippen molar-refractivity contribution in [3.8, 4) is 0 Å². The van der Waals surface area contributed by atoms with Crippen molar-refractivity contribution in [1.82, 2.24) is 14.5 Å². The lowest BCUT2D eigenvalue weighted by Crippen LogP contribution is -2.43. The fraction of sp³-hybridized carbons (Fsp3) is 0.464. The Morgan fingerprint density at radius 3 is 2.31 bits per heavy atom. The Kier molecular flexibility index (Phi) is 7.09. The van der Waals surface area contributed by atoms with Crippen molar-refractivity contribution in [3.05, 3.63) is 80.0 Å². The van der Waals surface area contributed by atoms with Crippen LogP contribution < -0.4 is 16.6 Å². The minimum Gasteiger partial charge on any atom is -0.353 e. The van der Waals surface area contributed by atoms with Crippen LogP contribution in [0.3, 0.4) is 0 Å². The van der Waals surface area contributed by atoms with Crippen LogP contribution in [0.15, 0.2) is 58.1 Å². The van der Waals surface area contributed by atoms with Crippen LogP contribution in [0.2, 0.25) is 5.02 Å². The molecule has 0 atom stereocenters. The fourth-order valence-electron chi connectivity index (χ4n) is 5.74. The summed E-state index contributed by atoms with van der Waals surface area (Å²) in [5.41, 5.74) is 0.892. The lowest BCUT2D eigenvalue weighted by Gasteiger charge is -2.29. The van der Waals surface area contributed by atoms with Crippen LogP contribution in [0.5, 0.6) is 0 Å². The number of nitrogens with one attached hydrogen (secondary N) is 1. The highest BCUT2D eigenvalue weighted by atomic mass is 35.5. The molecule has 5 rings (SSSR count). The van der Waals surface area contributed by atoms with Gasteiger partial charge in [0.05, 0.1) is 17.4 Å². The molecule has 1 amide bonds. The first kappa shape index (κ1) is 23.9. The first-order chi connectivity index (χ1) is 17.0. The number of para-hydroxylation sites is 1. The third-order valence-electron chi connectivity index (χ3n) is 7.78. The minimum absolute atomic E-state index is 0.0389. The molecule has 0 bridgehead atoms. The summed E-state index contributed by atoms with van der Waals surface area (Å²) in [6.07, 6.45) is 7.87. The van der Waals surface area contributed by atoms with Crippen LogP contribution in [-0.2, 0) is 17.9 Å². The van der Waals surface area contributed by atoms with Crippen LogP contribution in [0.25, 0.3) is 10.9 Å². The average molecular weight is 494 g/mol. The second kappa shape index (κ2) is 10.4. The molecule has 0 radical (unpaired) electrons. The number of hydrogen-bond acceptors (Lipinski definition) is 3. The van der Waals surface area contributed by atoms with E-state index in [1.54, 1.807) is 16.7 Å². The monoisotopic (exact) mass is 493 g/mol. The molecule has 2 saturated carbocycles. The van der Waals surface area contributed by atoms with Crippen molar-refractivity contribution in [3.63, 3.8) is 0 Å². The van der Waals surface area contributed by atoms with Gasteiger partial charge in [0, 0.05) is 23.5 Å². The maximum Gasteiger partial charge on any atom is 0.331 e. The van der Waals surface area contributed by atoms with Crippen LogP contribution in [0.4, 0.5) is 0 Å². The highest BCUT2D eigenvalue weighted by Gasteiger charge is 2.29. The second-order valence-electron chi connectivity index (χ2n) is 10.1. The molecule has 2 aliphatic carbocycles. The first-order valence-corrected chi connectivity index (χ1v) is 13.1. The second-order valence-corrected chi connectivity index (χ2v) is 10.5. The smallest absolute Gasteiger partial charge is 0.331 e. The summed E-state index contributed by atoms with van der Waals surface area (Å²) in [5, 5.41) is 4.35. The van der Waals surface area contributed by atoms with Gasteiger partial charge in [0.2, 0.25) is 5.91 Å². The number of nitrogens with zero attached hydrogens (tertiary/aromatic N) is 2. The zero-order chi connectivity index (χ0) is 24.4. The van der Waals surface area contributed by atoms with Gasteiger partial charge < -0.3 is 5.32 Å². The fourth-order valence-corrected chi connectivity index (χ4v) is 5.93. The van der Waals surface area contributed by atoms with Crippen molar-refractivity contribution < 1.29 is 4.79 Å². The van der Waals surface area contributed by atoms with Gasteiger partial charge in [0.1, 0.15) is 0 Å². The zero-order valence-electron chi connectivity index (χ0n) is 19.9. The highest BCUT2D eigenvalue weighted by Crippen LogP contribution is 2.30. The van der Waals surface area contributed by atoms with Gasteiger partial charge in [-0.1, -0.05) is 54.8 Å². The number of amides is 1. The molecule has 0 spiro atoms. The molecule has 0 saturated heterocycles. The van der Waals surface area contributed by atoms with E-state index < -0.39 is 0 Å². The summed E-state index contributed by atoms with van der Waals surface area (Å²) >= 11 is 6.38. The maximum absolute atomic E-state index is 13.6. The Labute approximate surface area is 209 Å². The summed E-state index contributed by atoms with van der Waals surface area (Å²) < 4.78 is 3.04. The summed E-state index contributed by atoms with van der Waals surface area (Å²) in [6, 6.07) is 15.1. The third kappa shape index (κ3) is 5.08. The van der Waals surface area contributed by atoms with E-state index in [1.807, 2.05) is 36.4 Å². The van der Waals surface area contributed by atoms with E-state index in [-0.39, 0.29) is 29.0 Å². The van der Waals surface area contributed by atoms with E-state index in [2.05, 4.69) is 5.32 Å². The van der Waals surface area contributed by atoms with Crippen molar-refractivity contribution in [2.75, 3.05) is 0 Å². The van der Waals surface area contributed by atoms with Crippen LogP contribution in [0.1, 0.15) is 56.9 Å². The largest absolute Gasteiger partial charge is 0.353 e. The number of aromatic nitrogens is 2. The van der Waals surface area contributed by atoms with E-state index in [9.17, 15) is 14.4 Å². The van der Waals surface area contributed by atoms with Gasteiger partial charge in [-0.15, -0.1) is 0 Å². The van der Waals surface area contributed by atoms with Crippen molar-refractivity contribution in [2.45, 2.75) is 70.5 Å². The molecule has 7 heteroatoms. The predicted molar refractivity (Wildman–Crippen MR) is 139 cm³/mol.